The summed E-state index contributed by atoms with van der Waals surface area (Å²) in [5.74, 6) is 0.234. The molecule has 1 heterocycles. The summed E-state index contributed by atoms with van der Waals surface area (Å²) in [4.78, 5) is 2.47. The number of rotatable bonds is 7. The van der Waals surface area contributed by atoms with Crippen LogP contribution in [-0.2, 0) is 0 Å². The van der Waals surface area contributed by atoms with Gasteiger partial charge in [-0.3, -0.25) is 0 Å². The van der Waals surface area contributed by atoms with Crippen LogP contribution in [0.15, 0.2) is 241 Å². The smallest absolute Gasteiger partial charge is 0.135 e. The summed E-state index contributed by atoms with van der Waals surface area (Å²) in [6, 6.07) is 77.2. The number of para-hydroxylation sites is 1. The number of furan rings is 1. The van der Waals surface area contributed by atoms with Gasteiger partial charge in [0.2, 0.25) is 0 Å². The normalized spacial score (nSPS) is 13.9. The highest BCUT2D eigenvalue weighted by molar-refractivity contribution is 6.14. The van der Waals surface area contributed by atoms with Crippen molar-refractivity contribution in [3.63, 3.8) is 0 Å². The van der Waals surface area contributed by atoms with Crippen LogP contribution in [0.25, 0.3) is 87.6 Å². The van der Waals surface area contributed by atoms with Gasteiger partial charge in [-0.15, -0.1) is 0 Å². The number of anilines is 2. The molecule has 1 aromatic heterocycles. The van der Waals surface area contributed by atoms with Crippen LogP contribution in [-0.4, -0.2) is 0 Å². The van der Waals surface area contributed by atoms with Gasteiger partial charge < -0.3 is 9.32 Å². The minimum absolute atomic E-state index is 0.234. The van der Waals surface area contributed by atoms with E-state index in [2.05, 4.69) is 229 Å². The average Bonchev–Trinajstić information content (AvgIpc) is 3.72. The van der Waals surface area contributed by atoms with Gasteiger partial charge in [-0.25, -0.2) is 0 Å². The Morgan fingerprint density at radius 2 is 1.06 bits per heavy atom. The fourth-order valence-corrected chi connectivity index (χ4v) is 9.73. The summed E-state index contributed by atoms with van der Waals surface area (Å²) >= 11 is 0. The maximum absolute atomic E-state index is 6.19. The van der Waals surface area contributed by atoms with Crippen LogP contribution >= 0.6 is 0 Å². The predicted molar refractivity (Wildman–Crippen MR) is 262 cm³/mol. The summed E-state index contributed by atoms with van der Waals surface area (Å²) < 4.78 is 6.19. The third kappa shape index (κ3) is 6.19. The molecule has 0 amide bonds. The van der Waals surface area contributed by atoms with Crippen molar-refractivity contribution in [3.05, 3.63) is 242 Å². The number of nitrogens with zero attached hydrogens (tertiary/aromatic N) is 1. The molecule has 0 aliphatic heterocycles. The zero-order valence-electron chi connectivity index (χ0n) is 34.1. The Hall–Kier alpha value is -7.94. The van der Waals surface area contributed by atoms with Gasteiger partial charge in [0.1, 0.15) is 11.2 Å². The molecule has 1 atom stereocenters. The Morgan fingerprint density at radius 1 is 0.403 bits per heavy atom. The molecule has 0 radical (unpaired) electrons. The van der Waals surface area contributed by atoms with E-state index in [0.717, 1.165) is 40.0 Å². The second kappa shape index (κ2) is 15.0. The number of hydrogen-bond acceptors (Lipinski definition) is 2. The van der Waals surface area contributed by atoms with E-state index in [0.29, 0.717) is 0 Å². The van der Waals surface area contributed by atoms with Crippen molar-refractivity contribution in [1.29, 1.82) is 0 Å². The van der Waals surface area contributed by atoms with E-state index in [1.54, 1.807) is 0 Å². The minimum atomic E-state index is 0.234. The summed E-state index contributed by atoms with van der Waals surface area (Å²) in [5.41, 5.74) is 13.7. The Balaban J connectivity index is 1.01. The number of allylic oxidation sites excluding steroid dienone is 3. The fraction of sp³-hybridized carbons (Fsp3) is 0.0333. The molecular weight excluding hydrogens is 751 g/mol. The Kier molecular flexibility index (Phi) is 8.67. The van der Waals surface area contributed by atoms with Crippen molar-refractivity contribution in [2.75, 3.05) is 4.90 Å². The second-order valence-electron chi connectivity index (χ2n) is 16.4. The zero-order valence-corrected chi connectivity index (χ0v) is 34.1. The predicted octanol–water partition coefficient (Wildman–Crippen LogP) is 16.8. The maximum Gasteiger partial charge on any atom is 0.135 e. The summed E-state index contributed by atoms with van der Waals surface area (Å²) in [6.07, 6.45) is 8.01. The van der Waals surface area contributed by atoms with Crippen LogP contribution in [0.3, 0.4) is 0 Å². The van der Waals surface area contributed by atoms with Gasteiger partial charge in [0.05, 0.1) is 5.69 Å². The SMILES string of the molecule is C1=CC(c2ccc3oc4ccccc4c3c2)CC=C1N(c1ccc(-c2cc3ccccc3c3ccccc23)cc1)c1cc(-c2cccc3ccccc23)ccc1-c1ccccc1. The minimum Gasteiger partial charge on any atom is -0.456 e. The molecule has 0 N–H and O–H groups in total. The molecule has 1 aliphatic carbocycles. The highest BCUT2D eigenvalue weighted by Crippen LogP contribution is 2.45. The molecular formula is C60H41NO. The topological polar surface area (TPSA) is 16.4 Å². The van der Waals surface area contributed by atoms with Gasteiger partial charge in [-0.05, 0) is 121 Å². The summed E-state index contributed by atoms with van der Waals surface area (Å²) in [7, 11) is 0. The Morgan fingerprint density at radius 3 is 1.89 bits per heavy atom. The Bertz CT molecular complexity index is 3550. The zero-order chi connectivity index (χ0) is 41.0. The lowest BCUT2D eigenvalue weighted by Gasteiger charge is -2.31. The van der Waals surface area contributed by atoms with Gasteiger partial charge in [-0.2, -0.15) is 0 Å². The third-order valence-corrected chi connectivity index (χ3v) is 12.8. The first-order valence-electron chi connectivity index (χ1n) is 21.5. The molecule has 11 aromatic rings. The van der Waals surface area contributed by atoms with Crippen molar-refractivity contribution in [2.24, 2.45) is 0 Å². The maximum atomic E-state index is 6.19. The number of benzene rings is 10. The molecule has 292 valence electrons. The van der Waals surface area contributed by atoms with Crippen molar-refractivity contribution in [2.45, 2.75) is 12.3 Å². The standard InChI is InChI=1S/C60H41NO/c1-2-13-42(14-3-1)52-35-29-46(50-23-12-17-41-15-4-6-18-49(41)50)39-58(52)61(47-31-25-40(26-32-47)44-30-36-60-57(37-44)55-22-10-11-24-59(55)62-60)48-33-27-43(28-34-48)56-38-45-16-5-7-19-51(45)53-20-8-9-21-54(53)56/h1-25,27-40H,26H2. The van der Waals surface area contributed by atoms with Crippen molar-refractivity contribution >= 4 is 65.6 Å². The largest absolute Gasteiger partial charge is 0.456 e. The lowest BCUT2D eigenvalue weighted by Crippen LogP contribution is -2.18. The van der Waals surface area contributed by atoms with Crippen molar-refractivity contribution < 1.29 is 4.42 Å². The van der Waals surface area contributed by atoms with E-state index in [1.807, 2.05) is 6.07 Å². The molecule has 10 aromatic carbocycles. The molecule has 0 saturated heterocycles. The third-order valence-electron chi connectivity index (χ3n) is 12.8. The molecule has 0 bridgehead atoms. The summed E-state index contributed by atoms with van der Waals surface area (Å²) in [5, 5.41) is 9.86. The van der Waals surface area contributed by atoms with E-state index in [9.17, 15) is 0 Å². The number of hydrogen-bond donors (Lipinski definition) is 0. The molecule has 1 unspecified atom stereocenters. The van der Waals surface area contributed by atoms with E-state index >= 15 is 0 Å². The van der Waals surface area contributed by atoms with Crippen LogP contribution in [0.2, 0.25) is 0 Å². The van der Waals surface area contributed by atoms with Gasteiger partial charge >= 0.3 is 0 Å². The van der Waals surface area contributed by atoms with Gasteiger partial charge in [0, 0.05) is 33.6 Å². The highest BCUT2D eigenvalue weighted by atomic mass is 16.3. The lowest BCUT2D eigenvalue weighted by molar-refractivity contribution is 0.668. The van der Waals surface area contributed by atoms with Gasteiger partial charge in [0.25, 0.3) is 0 Å². The molecule has 0 fully saturated rings. The molecule has 0 saturated carbocycles. The first kappa shape index (κ1) is 36.0. The average molecular weight is 792 g/mol. The van der Waals surface area contributed by atoms with Gasteiger partial charge in [-0.1, -0.05) is 182 Å². The fourth-order valence-electron chi connectivity index (χ4n) is 9.73. The van der Waals surface area contributed by atoms with Crippen LogP contribution < -0.4 is 4.90 Å². The first-order chi connectivity index (χ1) is 30.7. The van der Waals surface area contributed by atoms with Crippen molar-refractivity contribution in [1.82, 2.24) is 0 Å². The van der Waals surface area contributed by atoms with Crippen LogP contribution in [0.4, 0.5) is 11.4 Å². The quantitative estimate of drug-likeness (QED) is 0.150. The first-order valence-corrected chi connectivity index (χ1v) is 21.5. The molecule has 2 heteroatoms. The van der Waals surface area contributed by atoms with Crippen LogP contribution in [0, 0.1) is 0 Å². The van der Waals surface area contributed by atoms with E-state index in [1.165, 1.54) is 76.6 Å². The molecule has 62 heavy (non-hydrogen) atoms. The van der Waals surface area contributed by atoms with Crippen LogP contribution in [0.5, 0.6) is 0 Å². The number of fused-ring (bicyclic) bond motifs is 7. The van der Waals surface area contributed by atoms with Crippen LogP contribution in [0.1, 0.15) is 17.9 Å². The van der Waals surface area contributed by atoms with E-state index in [4.69, 9.17) is 4.42 Å². The molecule has 2 nitrogen and oxygen atoms in total. The van der Waals surface area contributed by atoms with Gasteiger partial charge in [0.15, 0.2) is 0 Å². The molecule has 12 rings (SSSR count). The highest BCUT2D eigenvalue weighted by Gasteiger charge is 2.23. The van der Waals surface area contributed by atoms with E-state index in [-0.39, 0.29) is 5.92 Å². The lowest BCUT2D eigenvalue weighted by atomic mass is 9.89. The Labute approximate surface area is 360 Å². The van der Waals surface area contributed by atoms with E-state index < -0.39 is 0 Å². The molecule has 1 aliphatic rings. The second-order valence-corrected chi connectivity index (χ2v) is 16.4. The monoisotopic (exact) mass is 791 g/mol. The van der Waals surface area contributed by atoms with Crippen molar-refractivity contribution in [3.8, 4) is 33.4 Å². The summed E-state index contributed by atoms with van der Waals surface area (Å²) in [6.45, 7) is 0. The molecule has 0 spiro atoms.